The first-order chi connectivity index (χ1) is 8.61. The van der Waals surface area contributed by atoms with Crippen LogP contribution in [0.15, 0.2) is 6.07 Å². The van der Waals surface area contributed by atoms with Gasteiger partial charge in [0.15, 0.2) is 0 Å². The molecule has 1 rings (SSSR count). The van der Waals surface area contributed by atoms with Crippen molar-refractivity contribution in [3.05, 3.63) is 11.9 Å². The monoisotopic (exact) mass is 250 g/mol. The van der Waals surface area contributed by atoms with Crippen LogP contribution in [0, 0.1) is 12.8 Å². The van der Waals surface area contributed by atoms with Crippen LogP contribution in [-0.2, 0) is 0 Å². The van der Waals surface area contributed by atoms with Gasteiger partial charge in [-0.25, -0.2) is 9.97 Å². The van der Waals surface area contributed by atoms with Gasteiger partial charge in [0, 0.05) is 19.2 Å². The molecule has 18 heavy (non-hydrogen) atoms. The number of hydrogen-bond donors (Lipinski definition) is 2. The highest BCUT2D eigenvalue weighted by Gasteiger charge is 2.01. The summed E-state index contributed by atoms with van der Waals surface area (Å²) < 4.78 is 0. The first kappa shape index (κ1) is 14.7. The van der Waals surface area contributed by atoms with Crippen LogP contribution >= 0.6 is 0 Å². The zero-order valence-electron chi connectivity index (χ0n) is 12.1. The SMILES string of the molecule is CCCCNc1cc(NCCC(C)C)nc(C)n1. The van der Waals surface area contributed by atoms with Crippen molar-refractivity contribution in [1.29, 1.82) is 0 Å². The van der Waals surface area contributed by atoms with E-state index in [0.717, 1.165) is 37.0 Å². The summed E-state index contributed by atoms with van der Waals surface area (Å²) in [4.78, 5) is 8.78. The Bertz CT molecular complexity index is 350. The third-order valence-electron chi connectivity index (χ3n) is 2.70. The third kappa shape index (κ3) is 5.84. The molecule has 4 heteroatoms. The summed E-state index contributed by atoms with van der Waals surface area (Å²) in [5, 5.41) is 6.69. The van der Waals surface area contributed by atoms with Gasteiger partial charge in [-0.15, -0.1) is 0 Å². The van der Waals surface area contributed by atoms with Crippen molar-refractivity contribution in [1.82, 2.24) is 9.97 Å². The van der Waals surface area contributed by atoms with Crippen LogP contribution in [0.5, 0.6) is 0 Å². The maximum atomic E-state index is 4.40. The van der Waals surface area contributed by atoms with Crippen LogP contribution in [0.2, 0.25) is 0 Å². The number of aryl methyl sites for hydroxylation is 1. The van der Waals surface area contributed by atoms with Gasteiger partial charge >= 0.3 is 0 Å². The normalized spacial score (nSPS) is 10.7. The fourth-order valence-electron chi connectivity index (χ4n) is 1.63. The molecule has 0 spiro atoms. The topological polar surface area (TPSA) is 49.8 Å². The van der Waals surface area contributed by atoms with Gasteiger partial charge in [0.1, 0.15) is 17.5 Å². The predicted octanol–water partition coefficient (Wildman–Crippen LogP) is 3.46. The Kier molecular flexibility index (Phi) is 6.47. The Hall–Kier alpha value is -1.32. The number of nitrogens with one attached hydrogen (secondary N) is 2. The van der Waals surface area contributed by atoms with Crippen LogP contribution in [0.4, 0.5) is 11.6 Å². The van der Waals surface area contributed by atoms with E-state index >= 15 is 0 Å². The maximum absolute atomic E-state index is 4.40. The van der Waals surface area contributed by atoms with Gasteiger partial charge in [-0.2, -0.15) is 0 Å². The lowest BCUT2D eigenvalue weighted by Crippen LogP contribution is -2.09. The zero-order chi connectivity index (χ0) is 13.4. The smallest absolute Gasteiger partial charge is 0.131 e. The van der Waals surface area contributed by atoms with E-state index in [1.165, 1.54) is 12.8 Å². The number of hydrogen-bond acceptors (Lipinski definition) is 4. The summed E-state index contributed by atoms with van der Waals surface area (Å²) >= 11 is 0. The molecule has 0 bridgehead atoms. The first-order valence-corrected chi connectivity index (χ1v) is 6.95. The average molecular weight is 250 g/mol. The van der Waals surface area contributed by atoms with Crippen LogP contribution < -0.4 is 10.6 Å². The summed E-state index contributed by atoms with van der Waals surface area (Å²) in [6.07, 6.45) is 3.51. The van der Waals surface area contributed by atoms with Crippen molar-refractivity contribution in [3.8, 4) is 0 Å². The molecule has 1 aromatic heterocycles. The van der Waals surface area contributed by atoms with E-state index in [2.05, 4.69) is 41.4 Å². The maximum Gasteiger partial charge on any atom is 0.131 e. The Morgan fingerprint density at radius 2 is 1.72 bits per heavy atom. The van der Waals surface area contributed by atoms with Gasteiger partial charge in [-0.05, 0) is 25.7 Å². The van der Waals surface area contributed by atoms with Gasteiger partial charge in [0.05, 0.1) is 0 Å². The molecule has 0 saturated carbocycles. The lowest BCUT2D eigenvalue weighted by Gasteiger charge is -2.10. The van der Waals surface area contributed by atoms with Gasteiger partial charge in [-0.1, -0.05) is 27.2 Å². The van der Waals surface area contributed by atoms with Crippen molar-refractivity contribution in [2.24, 2.45) is 5.92 Å². The molecule has 0 unspecified atom stereocenters. The second-order valence-electron chi connectivity index (χ2n) is 5.08. The number of nitrogens with zero attached hydrogens (tertiary/aromatic N) is 2. The van der Waals surface area contributed by atoms with Crippen LogP contribution in [0.25, 0.3) is 0 Å². The van der Waals surface area contributed by atoms with Crippen molar-refractivity contribution < 1.29 is 0 Å². The summed E-state index contributed by atoms with van der Waals surface area (Å²) in [6.45, 7) is 10.5. The highest BCUT2D eigenvalue weighted by molar-refractivity contribution is 5.47. The lowest BCUT2D eigenvalue weighted by molar-refractivity contribution is 0.606. The van der Waals surface area contributed by atoms with Crippen molar-refractivity contribution in [3.63, 3.8) is 0 Å². The molecule has 4 nitrogen and oxygen atoms in total. The molecule has 1 heterocycles. The molecule has 0 amide bonds. The lowest BCUT2D eigenvalue weighted by atomic mass is 10.1. The van der Waals surface area contributed by atoms with Crippen LogP contribution in [0.1, 0.15) is 45.9 Å². The quantitative estimate of drug-likeness (QED) is 0.694. The van der Waals surface area contributed by atoms with E-state index in [1.807, 2.05) is 13.0 Å². The third-order valence-corrected chi connectivity index (χ3v) is 2.70. The highest BCUT2D eigenvalue weighted by atomic mass is 15.1. The van der Waals surface area contributed by atoms with Crippen molar-refractivity contribution in [2.45, 2.75) is 47.0 Å². The van der Waals surface area contributed by atoms with E-state index in [4.69, 9.17) is 0 Å². The second kappa shape index (κ2) is 7.90. The van der Waals surface area contributed by atoms with Gasteiger partial charge in [0.2, 0.25) is 0 Å². The van der Waals surface area contributed by atoms with E-state index in [-0.39, 0.29) is 0 Å². The Labute approximate surface area is 111 Å². The van der Waals surface area contributed by atoms with Gasteiger partial charge < -0.3 is 10.6 Å². The minimum atomic E-state index is 0.711. The molecular formula is C14H26N4. The van der Waals surface area contributed by atoms with Crippen LogP contribution in [-0.4, -0.2) is 23.1 Å². The first-order valence-electron chi connectivity index (χ1n) is 6.95. The molecule has 0 fully saturated rings. The molecule has 1 aromatic rings. The molecule has 0 aliphatic carbocycles. The Morgan fingerprint density at radius 3 is 2.28 bits per heavy atom. The van der Waals surface area contributed by atoms with Crippen molar-refractivity contribution in [2.75, 3.05) is 23.7 Å². The fraction of sp³-hybridized carbons (Fsp3) is 0.714. The predicted molar refractivity (Wildman–Crippen MR) is 78.1 cm³/mol. The highest BCUT2D eigenvalue weighted by Crippen LogP contribution is 2.12. The zero-order valence-corrected chi connectivity index (χ0v) is 12.1. The summed E-state index contributed by atoms with van der Waals surface area (Å²) in [5.74, 6) is 3.36. The summed E-state index contributed by atoms with van der Waals surface area (Å²) in [6, 6.07) is 1.99. The largest absolute Gasteiger partial charge is 0.370 e. The van der Waals surface area contributed by atoms with E-state index in [1.54, 1.807) is 0 Å². The molecule has 0 atom stereocenters. The molecule has 0 aromatic carbocycles. The molecule has 102 valence electrons. The molecule has 0 saturated heterocycles. The minimum Gasteiger partial charge on any atom is -0.370 e. The molecule has 0 aliphatic rings. The molecule has 0 aliphatic heterocycles. The standard InChI is InChI=1S/C14H26N4/c1-5-6-8-15-13-10-14(18-12(4)17-13)16-9-7-11(2)3/h10-11H,5-9H2,1-4H3,(H2,15,16,17,18). The Balaban J connectivity index is 2.51. The van der Waals surface area contributed by atoms with Gasteiger partial charge in [0.25, 0.3) is 0 Å². The molecule has 2 N–H and O–H groups in total. The fourth-order valence-corrected chi connectivity index (χ4v) is 1.63. The summed E-state index contributed by atoms with van der Waals surface area (Å²) in [7, 11) is 0. The Morgan fingerprint density at radius 1 is 1.11 bits per heavy atom. The van der Waals surface area contributed by atoms with E-state index in [0.29, 0.717) is 5.92 Å². The van der Waals surface area contributed by atoms with E-state index in [9.17, 15) is 0 Å². The number of unbranched alkanes of at least 4 members (excludes halogenated alkanes) is 1. The minimum absolute atomic E-state index is 0.711. The molecule has 0 radical (unpaired) electrons. The number of aromatic nitrogens is 2. The number of anilines is 2. The molecular weight excluding hydrogens is 224 g/mol. The average Bonchev–Trinajstić information content (AvgIpc) is 2.28. The van der Waals surface area contributed by atoms with E-state index < -0.39 is 0 Å². The van der Waals surface area contributed by atoms with Crippen molar-refractivity contribution >= 4 is 11.6 Å². The summed E-state index contributed by atoms with van der Waals surface area (Å²) in [5.41, 5.74) is 0. The number of rotatable bonds is 8. The van der Waals surface area contributed by atoms with Gasteiger partial charge in [-0.3, -0.25) is 0 Å². The van der Waals surface area contributed by atoms with Crippen LogP contribution in [0.3, 0.4) is 0 Å². The second-order valence-corrected chi connectivity index (χ2v) is 5.08.